The molecule has 4 nitrogen and oxygen atoms in total. The molecule has 1 N–H and O–H groups in total. The van der Waals surface area contributed by atoms with Gasteiger partial charge in [0.05, 0.1) is 12.1 Å². The van der Waals surface area contributed by atoms with Crippen molar-refractivity contribution in [3.8, 4) is 0 Å². The van der Waals surface area contributed by atoms with Crippen molar-refractivity contribution in [2.45, 2.75) is 25.3 Å². The number of ether oxygens (including phenoxy) is 2. The van der Waals surface area contributed by atoms with Gasteiger partial charge in [-0.2, -0.15) is 0 Å². The molecule has 0 spiro atoms. The number of nitrogens with one attached hydrogen (secondary N) is 1. The van der Waals surface area contributed by atoms with Gasteiger partial charge in [-0.3, -0.25) is 0 Å². The molecular weight excluding hydrogens is 236 g/mol. The molecule has 2 heterocycles. The van der Waals surface area contributed by atoms with E-state index in [2.05, 4.69) is 15.7 Å². The molecular formula is C12H20N2O2S. The molecule has 5 heteroatoms. The zero-order valence-electron chi connectivity index (χ0n) is 10.5. The van der Waals surface area contributed by atoms with E-state index < -0.39 is 0 Å². The summed E-state index contributed by atoms with van der Waals surface area (Å²) in [7, 11) is 1.73. The van der Waals surface area contributed by atoms with Crippen molar-refractivity contribution in [3.05, 3.63) is 16.1 Å². The van der Waals surface area contributed by atoms with Crippen LogP contribution in [0, 0.1) is 6.92 Å². The van der Waals surface area contributed by atoms with E-state index in [1.54, 1.807) is 18.4 Å². The van der Waals surface area contributed by atoms with Crippen LogP contribution < -0.4 is 5.32 Å². The Morgan fingerprint density at radius 3 is 2.88 bits per heavy atom. The normalized spacial score (nSPS) is 19.4. The van der Waals surface area contributed by atoms with Crippen molar-refractivity contribution < 1.29 is 9.47 Å². The standard InChI is InChI=1S/C12H20N2O2S/c1-10-9-17-11(14-10)12(13-5-8-15-2)3-6-16-7-4-12/h9,13H,3-8H2,1-2H3. The minimum atomic E-state index is -0.00426. The van der Waals surface area contributed by atoms with Crippen LogP contribution in [0.3, 0.4) is 0 Å². The second-order valence-corrected chi connectivity index (χ2v) is 5.27. The van der Waals surface area contributed by atoms with Crippen LogP contribution in [0.5, 0.6) is 0 Å². The third kappa shape index (κ3) is 3.04. The fourth-order valence-electron chi connectivity index (χ4n) is 2.15. The lowest BCUT2D eigenvalue weighted by Crippen LogP contribution is -2.47. The molecule has 96 valence electrons. The van der Waals surface area contributed by atoms with Crippen LogP contribution in [0.15, 0.2) is 5.38 Å². The zero-order valence-corrected chi connectivity index (χ0v) is 11.3. The van der Waals surface area contributed by atoms with E-state index in [0.717, 1.165) is 44.9 Å². The van der Waals surface area contributed by atoms with Crippen LogP contribution in [-0.2, 0) is 15.0 Å². The number of aryl methyl sites for hydroxylation is 1. The number of thiazole rings is 1. The molecule has 0 aromatic carbocycles. The monoisotopic (exact) mass is 256 g/mol. The first-order chi connectivity index (χ1) is 8.27. The van der Waals surface area contributed by atoms with Crippen LogP contribution in [0.4, 0.5) is 0 Å². The maximum atomic E-state index is 5.46. The van der Waals surface area contributed by atoms with Gasteiger partial charge in [0.1, 0.15) is 5.01 Å². The molecule has 1 fully saturated rings. The Hall–Kier alpha value is -0.490. The molecule has 1 aromatic heterocycles. The summed E-state index contributed by atoms with van der Waals surface area (Å²) in [5, 5.41) is 6.91. The number of hydrogen-bond acceptors (Lipinski definition) is 5. The summed E-state index contributed by atoms with van der Waals surface area (Å²) in [5.41, 5.74) is 1.10. The molecule has 1 aromatic rings. The topological polar surface area (TPSA) is 43.4 Å². The van der Waals surface area contributed by atoms with Crippen molar-refractivity contribution in [2.75, 3.05) is 33.5 Å². The molecule has 1 aliphatic heterocycles. The van der Waals surface area contributed by atoms with Crippen LogP contribution in [0.1, 0.15) is 23.5 Å². The van der Waals surface area contributed by atoms with Gasteiger partial charge in [0, 0.05) is 37.9 Å². The summed E-state index contributed by atoms with van der Waals surface area (Å²) in [5.74, 6) is 0. The Morgan fingerprint density at radius 2 is 2.29 bits per heavy atom. The third-order valence-corrected chi connectivity index (χ3v) is 4.31. The third-order valence-electron chi connectivity index (χ3n) is 3.14. The second-order valence-electron chi connectivity index (χ2n) is 4.41. The summed E-state index contributed by atoms with van der Waals surface area (Å²) >= 11 is 1.74. The summed E-state index contributed by atoms with van der Waals surface area (Å²) < 4.78 is 10.6. The molecule has 1 saturated heterocycles. The van der Waals surface area contributed by atoms with Gasteiger partial charge in [-0.25, -0.2) is 4.98 Å². The van der Waals surface area contributed by atoms with Gasteiger partial charge in [0.25, 0.3) is 0 Å². The van der Waals surface area contributed by atoms with E-state index in [0.29, 0.717) is 0 Å². The number of aromatic nitrogens is 1. The van der Waals surface area contributed by atoms with Gasteiger partial charge in [-0.1, -0.05) is 0 Å². The zero-order chi connectivity index (χ0) is 12.1. The highest BCUT2D eigenvalue weighted by atomic mass is 32.1. The van der Waals surface area contributed by atoms with Gasteiger partial charge in [0.2, 0.25) is 0 Å². The van der Waals surface area contributed by atoms with E-state index in [-0.39, 0.29) is 5.54 Å². The molecule has 17 heavy (non-hydrogen) atoms. The van der Waals surface area contributed by atoms with Gasteiger partial charge < -0.3 is 14.8 Å². The number of nitrogens with zero attached hydrogens (tertiary/aromatic N) is 1. The average molecular weight is 256 g/mol. The lowest BCUT2D eigenvalue weighted by Gasteiger charge is -2.36. The van der Waals surface area contributed by atoms with Gasteiger partial charge >= 0.3 is 0 Å². The lowest BCUT2D eigenvalue weighted by molar-refractivity contribution is 0.0334. The largest absolute Gasteiger partial charge is 0.383 e. The summed E-state index contributed by atoms with van der Waals surface area (Å²) in [6.07, 6.45) is 1.98. The minimum Gasteiger partial charge on any atom is -0.383 e. The van der Waals surface area contributed by atoms with Crippen molar-refractivity contribution >= 4 is 11.3 Å². The SMILES string of the molecule is COCCNC1(c2nc(C)cs2)CCOCC1. The second kappa shape index (κ2) is 5.91. The van der Waals surface area contributed by atoms with Gasteiger partial charge in [-0.05, 0) is 19.8 Å². The summed E-state index contributed by atoms with van der Waals surface area (Å²) in [4.78, 5) is 4.64. The van der Waals surface area contributed by atoms with Crippen molar-refractivity contribution in [2.24, 2.45) is 0 Å². The Balaban J connectivity index is 2.11. The fraction of sp³-hybridized carbons (Fsp3) is 0.750. The van der Waals surface area contributed by atoms with Crippen LogP contribution >= 0.6 is 11.3 Å². The maximum absolute atomic E-state index is 5.46. The average Bonchev–Trinajstić information content (AvgIpc) is 2.78. The maximum Gasteiger partial charge on any atom is 0.113 e. The van der Waals surface area contributed by atoms with Crippen molar-refractivity contribution in [3.63, 3.8) is 0 Å². The van der Waals surface area contributed by atoms with E-state index >= 15 is 0 Å². The highest BCUT2D eigenvalue weighted by Crippen LogP contribution is 2.33. The molecule has 0 saturated carbocycles. The molecule has 0 radical (unpaired) electrons. The highest BCUT2D eigenvalue weighted by molar-refractivity contribution is 7.09. The smallest absolute Gasteiger partial charge is 0.113 e. The predicted octanol–water partition coefficient (Wildman–Crippen LogP) is 1.69. The molecule has 0 atom stereocenters. The number of hydrogen-bond donors (Lipinski definition) is 1. The fourth-order valence-corrected chi connectivity index (χ4v) is 3.19. The van der Waals surface area contributed by atoms with E-state index in [4.69, 9.17) is 9.47 Å². The van der Waals surface area contributed by atoms with E-state index in [1.165, 1.54) is 5.01 Å². The first-order valence-corrected chi connectivity index (χ1v) is 6.89. The van der Waals surface area contributed by atoms with Crippen molar-refractivity contribution in [1.29, 1.82) is 0 Å². The molecule has 0 bridgehead atoms. The summed E-state index contributed by atoms with van der Waals surface area (Å²) in [6, 6.07) is 0. The minimum absolute atomic E-state index is 0.00426. The molecule has 2 rings (SSSR count). The molecule has 0 aliphatic carbocycles. The van der Waals surface area contributed by atoms with Crippen LogP contribution in [0.2, 0.25) is 0 Å². The Bertz CT molecular complexity index is 348. The van der Waals surface area contributed by atoms with E-state index in [1.807, 2.05) is 6.92 Å². The van der Waals surface area contributed by atoms with Gasteiger partial charge in [-0.15, -0.1) is 11.3 Å². The number of methoxy groups -OCH3 is 1. The molecule has 0 amide bonds. The lowest BCUT2D eigenvalue weighted by atomic mass is 9.90. The first-order valence-electron chi connectivity index (χ1n) is 6.01. The number of rotatable bonds is 5. The Labute approximate surface area is 106 Å². The van der Waals surface area contributed by atoms with Crippen LogP contribution in [0.25, 0.3) is 0 Å². The Morgan fingerprint density at radius 1 is 1.53 bits per heavy atom. The molecule has 1 aliphatic rings. The Kier molecular flexibility index (Phi) is 4.50. The highest BCUT2D eigenvalue weighted by Gasteiger charge is 2.36. The quantitative estimate of drug-likeness (QED) is 0.814. The van der Waals surface area contributed by atoms with Crippen LogP contribution in [-0.4, -0.2) is 38.5 Å². The van der Waals surface area contributed by atoms with Crippen molar-refractivity contribution in [1.82, 2.24) is 10.3 Å². The first kappa shape index (κ1) is 13.0. The van der Waals surface area contributed by atoms with Gasteiger partial charge in [0.15, 0.2) is 0 Å². The predicted molar refractivity (Wildman–Crippen MR) is 68.5 cm³/mol. The summed E-state index contributed by atoms with van der Waals surface area (Å²) in [6.45, 7) is 5.24. The van der Waals surface area contributed by atoms with E-state index in [9.17, 15) is 0 Å². The molecule has 0 unspecified atom stereocenters.